The van der Waals surface area contributed by atoms with E-state index in [1.807, 2.05) is 32.9 Å². The van der Waals surface area contributed by atoms with Crippen molar-refractivity contribution in [3.05, 3.63) is 58.2 Å². The van der Waals surface area contributed by atoms with E-state index in [2.05, 4.69) is 12.2 Å². The maximum Gasteiger partial charge on any atom is 0.246 e. The third-order valence-corrected chi connectivity index (χ3v) is 6.55. The molecule has 2 aromatic carbocycles. The predicted octanol–water partition coefficient (Wildman–Crippen LogP) is 4.69. The van der Waals surface area contributed by atoms with Gasteiger partial charge >= 0.3 is 0 Å². The summed E-state index contributed by atoms with van der Waals surface area (Å²) in [6, 6.07) is 7.32. The van der Waals surface area contributed by atoms with Gasteiger partial charge in [-0.05, 0) is 81.0 Å². The normalized spacial score (nSPS) is 16.9. The van der Waals surface area contributed by atoms with E-state index >= 15 is 0 Å². The molecule has 34 heavy (non-hydrogen) atoms. The lowest BCUT2D eigenvalue weighted by Crippen LogP contribution is -2.41. The number of fused-ring (bicyclic) bond motifs is 1. The number of carbonyl (C=O) groups is 1. The Hall–Kier alpha value is -3.19. The zero-order valence-corrected chi connectivity index (χ0v) is 21.3. The third-order valence-electron chi connectivity index (χ3n) is 6.55. The Balaban J connectivity index is 0.00000408. The summed E-state index contributed by atoms with van der Waals surface area (Å²) in [6.45, 7) is 8.52. The molecule has 0 radical (unpaired) electrons. The van der Waals surface area contributed by atoms with Crippen LogP contribution in [0.15, 0.2) is 30.3 Å². The molecule has 0 fully saturated rings. The number of likely N-dealkylation sites (N-methyl/N-ethyl adjacent to an activating group) is 1. The second kappa shape index (κ2) is 10.8. The molecule has 0 saturated heterocycles. The molecular formula is C26H35ClN4O3. The Morgan fingerprint density at radius 2 is 1.88 bits per heavy atom. The minimum absolute atomic E-state index is 0. The quantitative estimate of drug-likeness (QED) is 0.269. The lowest BCUT2D eigenvalue weighted by Gasteiger charge is -2.38. The van der Waals surface area contributed by atoms with E-state index in [-0.39, 0.29) is 29.9 Å². The fraction of sp³-hybridized carbons (Fsp3) is 0.385. The SMILES string of the molecule is Cc1c(C)c2c(c(C)c1O)CCC(C)(CCN(C)C(=O)C=Cc1ccc(NC(=N)N)cc1)O2.Cl. The molecule has 1 heterocycles. The summed E-state index contributed by atoms with van der Waals surface area (Å²) in [5.74, 6) is 1.05. The number of hydrogen-bond donors (Lipinski definition) is 4. The predicted molar refractivity (Wildman–Crippen MR) is 140 cm³/mol. The van der Waals surface area contributed by atoms with Gasteiger partial charge in [-0.3, -0.25) is 10.2 Å². The molecule has 1 unspecified atom stereocenters. The number of anilines is 1. The van der Waals surface area contributed by atoms with Crippen molar-refractivity contribution in [3.63, 3.8) is 0 Å². The number of rotatable bonds is 6. The Kier molecular flexibility index (Phi) is 8.61. The molecule has 184 valence electrons. The van der Waals surface area contributed by atoms with Gasteiger partial charge in [-0.25, -0.2) is 0 Å². The molecule has 0 saturated carbocycles. The first-order valence-corrected chi connectivity index (χ1v) is 11.2. The van der Waals surface area contributed by atoms with Crippen molar-refractivity contribution in [2.75, 3.05) is 18.9 Å². The fourth-order valence-corrected chi connectivity index (χ4v) is 4.11. The maximum atomic E-state index is 12.6. The second-order valence-electron chi connectivity index (χ2n) is 9.09. The zero-order valence-electron chi connectivity index (χ0n) is 20.5. The highest BCUT2D eigenvalue weighted by atomic mass is 35.5. The lowest BCUT2D eigenvalue weighted by atomic mass is 9.85. The van der Waals surface area contributed by atoms with Gasteiger partial charge in [-0.1, -0.05) is 12.1 Å². The number of nitrogens with zero attached hydrogens (tertiary/aromatic N) is 1. The minimum Gasteiger partial charge on any atom is -0.507 e. The molecule has 0 aliphatic carbocycles. The van der Waals surface area contributed by atoms with Crippen LogP contribution in [0.5, 0.6) is 11.5 Å². The van der Waals surface area contributed by atoms with Crippen LogP contribution < -0.4 is 15.8 Å². The Bertz CT molecular complexity index is 1100. The molecule has 7 nitrogen and oxygen atoms in total. The number of halogens is 1. The summed E-state index contributed by atoms with van der Waals surface area (Å²) in [7, 11) is 1.80. The van der Waals surface area contributed by atoms with Gasteiger partial charge in [0.1, 0.15) is 17.1 Å². The van der Waals surface area contributed by atoms with Gasteiger partial charge in [0.15, 0.2) is 5.96 Å². The van der Waals surface area contributed by atoms with Gasteiger partial charge in [0.2, 0.25) is 5.91 Å². The Morgan fingerprint density at radius 1 is 1.24 bits per heavy atom. The van der Waals surface area contributed by atoms with E-state index in [9.17, 15) is 9.90 Å². The van der Waals surface area contributed by atoms with Crippen LogP contribution in [-0.2, 0) is 11.2 Å². The zero-order chi connectivity index (χ0) is 24.3. The average Bonchev–Trinajstić information content (AvgIpc) is 2.78. The molecule has 1 aliphatic heterocycles. The number of benzene rings is 2. The number of amides is 1. The van der Waals surface area contributed by atoms with Crippen LogP contribution in [0.1, 0.15) is 47.6 Å². The summed E-state index contributed by atoms with van der Waals surface area (Å²) in [5.41, 5.74) is 10.4. The van der Waals surface area contributed by atoms with Gasteiger partial charge < -0.3 is 25.8 Å². The second-order valence-corrected chi connectivity index (χ2v) is 9.09. The van der Waals surface area contributed by atoms with Crippen molar-refractivity contribution in [1.82, 2.24) is 4.90 Å². The molecule has 1 amide bonds. The van der Waals surface area contributed by atoms with Crippen molar-refractivity contribution in [2.24, 2.45) is 5.73 Å². The fourth-order valence-electron chi connectivity index (χ4n) is 4.11. The summed E-state index contributed by atoms with van der Waals surface area (Å²) in [4.78, 5) is 14.3. The molecule has 0 bridgehead atoms. The Morgan fingerprint density at radius 3 is 2.50 bits per heavy atom. The molecule has 8 heteroatoms. The molecule has 0 aromatic heterocycles. The number of guanidine groups is 1. The number of phenolic OH excluding ortho intramolecular Hbond substituents is 1. The first-order chi connectivity index (χ1) is 15.5. The topological polar surface area (TPSA) is 112 Å². The van der Waals surface area contributed by atoms with Crippen molar-refractivity contribution in [3.8, 4) is 11.5 Å². The van der Waals surface area contributed by atoms with Crippen LogP contribution in [0.3, 0.4) is 0 Å². The highest BCUT2D eigenvalue weighted by Crippen LogP contribution is 2.44. The van der Waals surface area contributed by atoms with Crippen LogP contribution in [0.25, 0.3) is 6.08 Å². The molecule has 1 atom stereocenters. The minimum atomic E-state index is -0.370. The van der Waals surface area contributed by atoms with E-state index in [1.54, 1.807) is 36.2 Å². The van der Waals surface area contributed by atoms with Crippen molar-refractivity contribution in [1.29, 1.82) is 5.41 Å². The van der Waals surface area contributed by atoms with E-state index in [1.165, 1.54) is 0 Å². The number of hydrogen-bond acceptors (Lipinski definition) is 4. The number of carbonyl (C=O) groups excluding carboxylic acids is 1. The monoisotopic (exact) mass is 486 g/mol. The lowest BCUT2D eigenvalue weighted by molar-refractivity contribution is -0.125. The van der Waals surface area contributed by atoms with Gasteiger partial charge in [0.25, 0.3) is 0 Å². The Labute approximate surface area is 207 Å². The average molecular weight is 487 g/mol. The van der Waals surface area contributed by atoms with E-state index < -0.39 is 0 Å². The van der Waals surface area contributed by atoms with E-state index in [0.29, 0.717) is 18.7 Å². The summed E-state index contributed by atoms with van der Waals surface area (Å²) < 4.78 is 6.47. The third kappa shape index (κ3) is 6.03. The molecule has 3 rings (SSSR count). The van der Waals surface area contributed by atoms with Gasteiger partial charge in [-0.2, -0.15) is 0 Å². The molecule has 1 aliphatic rings. The van der Waals surface area contributed by atoms with E-state index in [4.69, 9.17) is 15.9 Å². The highest BCUT2D eigenvalue weighted by Gasteiger charge is 2.34. The standard InChI is InChI=1S/C26H34N4O3.ClH/c1-16-17(2)24-21(18(3)23(16)32)12-13-26(4,33-24)14-15-30(5)22(31)11-8-19-6-9-20(10-7-19)29-25(27)28;/h6-11,32H,12-15H2,1-5H3,(H4,27,28,29);1H. The van der Waals surface area contributed by atoms with E-state index in [0.717, 1.165) is 52.1 Å². The number of ether oxygens (including phenoxy) is 1. The van der Waals surface area contributed by atoms with Crippen molar-refractivity contribution < 1.29 is 14.6 Å². The number of phenols is 1. The molecular weight excluding hydrogens is 452 g/mol. The molecule has 0 spiro atoms. The van der Waals surface area contributed by atoms with Crippen LogP contribution in [0.2, 0.25) is 0 Å². The maximum absolute atomic E-state index is 12.6. The van der Waals surface area contributed by atoms with Crippen LogP contribution in [0.4, 0.5) is 5.69 Å². The van der Waals surface area contributed by atoms with Gasteiger partial charge in [0.05, 0.1) is 0 Å². The smallest absolute Gasteiger partial charge is 0.246 e. The first kappa shape index (κ1) is 27.1. The highest BCUT2D eigenvalue weighted by molar-refractivity contribution is 5.92. The summed E-state index contributed by atoms with van der Waals surface area (Å²) in [5, 5.41) is 20.3. The van der Waals surface area contributed by atoms with Gasteiger partial charge in [-0.15, -0.1) is 12.4 Å². The summed E-state index contributed by atoms with van der Waals surface area (Å²) in [6.07, 6.45) is 5.73. The number of nitrogens with one attached hydrogen (secondary N) is 2. The van der Waals surface area contributed by atoms with Crippen LogP contribution in [0, 0.1) is 26.2 Å². The molecule has 5 N–H and O–H groups in total. The first-order valence-electron chi connectivity index (χ1n) is 11.2. The van der Waals surface area contributed by atoms with Gasteiger partial charge in [0, 0.05) is 37.3 Å². The van der Waals surface area contributed by atoms with Crippen LogP contribution in [-0.4, -0.2) is 41.1 Å². The summed E-state index contributed by atoms with van der Waals surface area (Å²) >= 11 is 0. The van der Waals surface area contributed by atoms with Crippen molar-refractivity contribution >= 4 is 36.0 Å². The largest absolute Gasteiger partial charge is 0.507 e. The number of nitrogens with two attached hydrogens (primary N) is 1. The molecule has 2 aromatic rings. The van der Waals surface area contributed by atoms with Crippen LogP contribution >= 0.6 is 12.4 Å². The number of aromatic hydroxyl groups is 1. The van der Waals surface area contributed by atoms with Crippen molar-refractivity contribution in [2.45, 2.75) is 52.6 Å².